The van der Waals surface area contributed by atoms with Crippen LogP contribution in [-0.4, -0.2) is 36.4 Å². The van der Waals surface area contributed by atoms with Gasteiger partial charge >= 0.3 is 5.97 Å². The maximum atomic E-state index is 12.0. The summed E-state index contributed by atoms with van der Waals surface area (Å²) in [6.45, 7) is 2.26. The first-order chi connectivity index (χ1) is 12.6. The Labute approximate surface area is 151 Å². The van der Waals surface area contributed by atoms with E-state index in [1.165, 1.54) is 6.21 Å². The number of carboxylic acids is 1. The first kappa shape index (κ1) is 19.0. The highest BCUT2D eigenvalue weighted by molar-refractivity contribution is 5.95. The van der Waals surface area contributed by atoms with E-state index in [1.807, 2.05) is 6.92 Å². The Balaban J connectivity index is 1.85. The molecule has 26 heavy (non-hydrogen) atoms. The van der Waals surface area contributed by atoms with Crippen molar-refractivity contribution < 1.29 is 24.2 Å². The standard InChI is InChI=1S/C19H20N2O5/c1-2-11-25-16-9-5-15(6-10-16)19(24)21-20-12-14-3-7-17(8-4-14)26-13-18(22)23/h3-10,12H,2,11,13H2,1H3,(H,21,24)(H,22,23)/b20-12+. The van der Waals surface area contributed by atoms with Crippen molar-refractivity contribution in [2.45, 2.75) is 13.3 Å². The molecule has 2 N–H and O–H groups in total. The van der Waals surface area contributed by atoms with Crippen LogP contribution in [0.4, 0.5) is 0 Å². The summed E-state index contributed by atoms with van der Waals surface area (Å²) in [5, 5.41) is 12.5. The number of ether oxygens (including phenoxy) is 2. The smallest absolute Gasteiger partial charge is 0.341 e. The monoisotopic (exact) mass is 356 g/mol. The Kier molecular flexibility index (Phi) is 7.17. The Bertz CT molecular complexity index is 755. The van der Waals surface area contributed by atoms with Crippen LogP contribution < -0.4 is 14.9 Å². The van der Waals surface area contributed by atoms with Crippen molar-refractivity contribution in [3.05, 3.63) is 59.7 Å². The van der Waals surface area contributed by atoms with E-state index in [0.29, 0.717) is 17.9 Å². The van der Waals surface area contributed by atoms with E-state index in [4.69, 9.17) is 14.6 Å². The number of nitrogens with zero attached hydrogens (tertiary/aromatic N) is 1. The molecule has 2 aromatic rings. The lowest BCUT2D eigenvalue weighted by molar-refractivity contribution is -0.139. The van der Waals surface area contributed by atoms with E-state index < -0.39 is 12.6 Å². The summed E-state index contributed by atoms with van der Waals surface area (Å²) in [4.78, 5) is 22.5. The fourth-order valence-electron chi connectivity index (χ4n) is 1.95. The number of hydrazone groups is 1. The molecule has 0 aliphatic heterocycles. The number of carbonyl (C=O) groups is 2. The van der Waals surface area contributed by atoms with Gasteiger partial charge in [-0.15, -0.1) is 0 Å². The van der Waals surface area contributed by atoms with Crippen molar-refractivity contribution in [1.82, 2.24) is 5.43 Å². The molecular formula is C19H20N2O5. The molecule has 7 nitrogen and oxygen atoms in total. The summed E-state index contributed by atoms with van der Waals surface area (Å²) in [5.74, 6) is -0.205. The van der Waals surface area contributed by atoms with Gasteiger partial charge in [0.15, 0.2) is 6.61 Å². The third-order valence-electron chi connectivity index (χ3n) is 3.21. The largest absolute Gasteiger partial charge is 0.494 e. The molecule has 0 aliphatic rings. The summed E-state index contributed by atoms with van der Waals surface area (Å²) in [7, 11) is 0. The highest BCUT2D eigenvalue weighted by Crippen LogP contribution is 2.13. The normalized spacial score (nSPS) is 10.5. The second-order valence-corrected chi connectivity index (χ2v) is 5.32. The van der Waals surface area contributed by atoms with Crippen molar-refractivity contribution in [3.63, 3.8) is 0 Å². The maximum absolute atomic E-state index is 12.0. The van der Waals surface area contributed by atoms with Gasteiger partial charge < -0.3 is 14.6 Å². The molecule has 2 aromatic carbocycles. The van der Waals surface area contributed by atoms with Crippen LogP contribution >= 0.6 is 0 Å². The molecule has 0 aromatic heterocycles. The van der Waals surface area contributed by atoms with Gasteiger partial charge in [0, 0.05) is 5.56 Å². The topological polar surface area (TPSA) is 97.2 Å². The lowest BCUT2D eigenvalue weighted by atomic mass is 10.2. The van der Waals surface area contributed by atoms with Crippen molar-refractivity contribution in [2.75, 3.05) is 13.2 Å². The Hall–Kier alpha value is -3.35. The van der Waals surface area contributed by atoms with E-state index >= 15 is 0 Å². The lowest BCUT2D eigenvalue weighted by Crippen LogP contribution is -2.17. The van der Waals surface area contributed by atoms with Gasteiger partial charge in [0.25, 0.3) is 5.91 Å². The minimum Gasteiger partial charge on any atom is -0.494 e. The molecule has 0 saturated heterocycles. The maximum Gasteiger partial charge on any atom is 0.341 e. The van der Waals surface area contributed by atoms with Crippen LogP contribution in [0, 0.1) is 0 Å². The van der Waals surface area contributed by atoms with Crippen LogP contribution in [0.25, 0.3) is 0 Å². The number of rotatable bonds is 9. The molecule has 1 amide bonds. The van der Waals surface area contributed by atoms with Crippen molar-refractivity contribution in [1.29, 1.82) is 0 Å². The number of amides is 1. The number of nitrogens with one attached hydrogen (secondary N) is 1. The Morgan fingerprint density at radius 3 is 2.27 bits per heavy atom. The number of carbonyl (C=O) groups excluding carboxylic acids is 1. The van der Waals surface area contributed by atoms with Crippen LogP contribution in [0.3, 0.4) is 0 Å². The van der Waals surface area contributed by atoms with Crippen LogP contribution in [0.2, 0.25) is 0 Å². The average Bonchev–Trinajstić information content (AvgIpc) is 2.66. The van der Waals surface area contributed by atoms with E-state index in [2.05, 4.69) is 10.5 Å². The van der Waals surface area contributed by atoms with Gasteiger partial charge in [-0.05, 0) is 60.5 Å². The Morgan fingerprint density at radius 1 is 1.04 bits per heavy atom. The predicted octanol–water partition coefficient (Wildman–Crippen LogP) is 2.70. The van der Waals surface area contributed by atoms with Crippen molar-refractivity contribution >= 4 is 18.1 Å². The summed E-state index contributed by atoms with van der Waals surface area (Å²) >= 11 is 0. The minimum absolute atomic E-state index is 0.329. The molecule has 2 rings (SSSR count). The molecule has 0 saturated carbocycles. The third kappa shape index (κ3) is 6.27. The van der Waals surface area contributed by atoms with Gasteiger partial charge in [-0.1, -0.05) is 6.92 Å². The second kappa shape index (κ2) is 9.83. The molecule has 0 heterocycles. The average molecular weight is 356 g/mol. The summed E-state index contributed by atoms with van der Waals surface area (Å²) in [6, 6.07) is 13.5. The summed E-state index contributed by atoms with van der Waals surface area (Å²) in [6.07, 6.45) is 2.40. The van der Waals surface area contributed by atoms with Gasteiger partial charge in [0.2, 0.25) is 0 Å². The van der Waals surface area contributed by atoms with Gasteiger partial charge in [-0.2, -0.15) is 5.10 Å². The molecular weight excluding hydrogens is 336 g/mol. The van der Waals surface area contributed by atoms with E-state index in [-0.39, 0.29) is 5.91 Å². The first-order valence-corrected chi connectivity index (χ1v) is 8.09. The number of hydrogen-bond acceptors (Lipinski definition) is 5. The zero-order valence-electron chi connectivity index (χ0n) is 14.3. The molecule has 0 aliphatic carbocycles. The van der Waals surface area contributed by atoms with Gasteiger partial charge in [-0.25, -0.2) is 10.2 Å². The molecule has 0 radical (unpaired) electrons. The van der Waals surface area contributed by atoms with Crippen LogP contribution in [0.1, 0.15) is 29.3 Å². The fraction of sp³-hybridized carbons (Fsp3) is 0.211. The van der Waals surface area contributed by atoms with Crippen LogP contribution in [0.5, 0.6) is 11.5 Å². The number of benzene rings is 2. The number of carboxylic acid groups (broad SMARTS) is 1. The zero-order valence-corrected chi connectivity index (χ0v) is 14.3. The highest BCUT2D eigenvalue weighted by Gasteiger charge is 2.04. The van der Waals surface area contributed by atoms with Gasteiger partial charge in [0.1, 0.15) is 11.5 Å². The summed E-state index contributed by atoms with van der Waals surface area (Å²) < 4.78 is 10.5. The molecule has 0 bridgehead atoms. The molecule has 7 heteroatoms. The van der Waals surface area contributed by atoms with Crippen LogP contribution in [0.15, 0.2) is 53.6 Å². The quantitative estimate of drug-likeness (QED) is 0.532. The number of hydrogen-bond donors (Lipinski definition) is 2. The SMILES string of the molecule is CCCOc1ccc(C(=O)N/N=C/c2ccc(OCC(=O)O)cc2)cc1. The molecule has 0 unspecified atom stereocenters. The number of aliphatic carboxylic acids is 1. The molecule has 0 fully saturated rings. The lowest BCUT2D eigenvalue weighted by Gasteiger charge is -2.05. The Morgan fingerprint density at radius 2 is 1.65 bits per heavy atom. The molecule has 136 valence electrons. The van der Waals surface area contributed by atoms with E-state index in [9.17, 15) is 9.59 Å². The minimum atomic E-state index is -1.04. The highest BCUT2D eigenvalue weighted by atomic mass is 16.5. The molecule has 0 atom stereocenters. The zero-order chi connectivity index (χ0) is 18.8. The first-order valence-electron chi connectivity index (χ1n) is 8.09. The van der Waals surface area contributed by atoms with E-state index in [0.717, 1.165) is 17.7 Å². The fourth-order valence-corrected chi connectivity index (χ4v) is 1.95. The summed E-state index contributed by atoms with van der Waals surface area (Å²) in [5.41, 5.74) is 3.65. The van der Waals surface area contributed by atoms with Crippen molar-refractivity contribution in [3.8, 4) is 11.5 Å². The van der Waals surface area contributed by atoms with Gasteiger partial charge in [-0.3, -0.25) is 4.79 Å². The second-order valence-electron chi connectivity index (χ2n) is 5.32. The van der Waals surface area contributed by atoms with E-state index in [1.54, 1.807) is 48.5 Å². The van der Waals surface area contributed by atoms with Crippen LogP contribution in [-0.2, 0) is 4.79 Å². The molecule has 0 spiro atoms. The predicted molar refractivity (Wildman–Crippen MR) is 96.9 cm³/mol. The van der Waals surface area contributed by atoms with Gasteiger partial charge in [0.05, 0.1) is 12.8 Å². The van der Waals surface area contributed by atoms with Crippen molar-refractivity contribution in [2.24, 2.45) is 5.10 Å². The third-order valence-corrected chi connectivity index (χ3v) is 3.21.